The number of para-hydroxylation sites is 1. The Morgan fingerprint density at radius 3 is 2.73 bits per heavy atom. The molecule has 0 spiro atoms. The van der Waals surface area contributed by atoms with Gasteiger partial charge in [0.2, 0.25) is 5.88 Å². The predicted octanol–water partition coefficient (Wildman–Crippen LogP) is 1.52. The van der Waals surface area contributed by atoms with E-state index in [0.29, 0.717) is 11.4 Å². The number of nitrogens with zero attached hydrogens (tertiary/aromatic N) is 2. The van der Waals surface area contributed by atoms with Gasteiger partial charge in [-0.05, 0) is 36.8 Å². The molecule has 0 saturated carbocycles. The van der Waals surface area contributed by atoms with Crippen molar-refractivity contribution in [1.29, 1.82) is 0 Å². The lowest BCUT2D eigenvalue weighted by Crippen LogP contribution is -2.30. The van der Waals surface area contributed by atoms with Gasteiger partial charge in [0.05, 0.1) is 11.4 Å². The van der Waals surface area contributed by atoms with Crippen LogP contribution in [0.5, 0.6) is 5.88 Å². The molecule has 0 fully saturated rings. The minimum absolute atomic E-state index is 0.0125. The summed E-state index contributed by atoms with van der Waals surface area (Å²) in [4.78, 5) is 30.3. The minimum atomic E-state index is -0.690. The van der Waals surface area contributed by atoms with E-state index in [9.17, 15) is 14.7 Å². The van der Waals surface area contributed by atoms with E-state index in [1.165, 1.54) is 6.08 Å². The first-order chi connectivity index (χ1) is 10.6. The second-order valence-corrected chi connectivity index (χ2v) is 4.82. The van der Waals surface area contributed by atoms with Crippen molar-refractivity contribution in [3.8, 4) is 11.6 Å². The smallest absolute Gasteiger partial charge is 0.335 e. The van der Waals surface area contributed by atoms with Gasteiger partial charge in [0.1, 0.15) is 5.56 Å². The first-order valence-corrected chi connectivity index (χ1v) is 6.64. The summed E-state index contributed by atoms with van der Waals surface area (Å²) in [5.41, 5.74) is 0.466. The van der Waals surface area contributed by atoms with Gasteiger partial charge in [-0.3, -0.25) is 14.8 Å². The lowest BCUT2D eigenvalue weighted by molar-refractivity contribution is 0.429. The zero-order valence-corrected chi connectivity index (χ0v) is 11.8. The van der Waals surface area contributed by atoms with Crippen molar-refractivity contribution in [1.82, 2.24) is 9.55 Å². The Hall–Kier alpha value is -3.15. The topological polar surface area (TPSA) is 87.4 Å². The van der Waals surface area contributed by atoms with Crippen LogP contribution in [0.15, 0.2) is 56.7 Å². The highest BCUT2D eigenvalue weighted by Crippen LogP contribution is 2.21. The number of aromatic hydroxyl groups is 1. The van der Waals surface area contributed by atoms with Crippen molar-refractivity contribution < 1.29 is 5.11 Å². The maximum atomic E-state index is 12.1. The molecule has 3 rings (SSSR count). The zero-order chi connectivity index (χ0) is 15.7. The molecule has 0 saturated heterocycles. The number of hydrogen-bond donors (Lipinski definition) is 2. The van der Waals surface area contributed by atoms with Crippen LogP contribution in [0.1, 0.15) is 11.1 Å². The molecule has 0 atom stereocenters. The number of rotatable bonds is 2. The second-order valence-electron chi connectivity index (χ2n) is 4.82. The quantitative estimate of drug-likeness (QED) is 0.880. The van der Waals surface area contributed by atoms with Crippen LogP contribution >= 0.6 is 0 Å². The van der Waals surface area contributed by atoms with Crippen molar-refractivity contribution in [2.75, 3.05) is 0 Å². The standard InChI is InChI=1S/C16H13N3O3/c1-10-5-2-3-7-13(10)19-15(21)12(14(20)18-16(19)22)9-11-6-4-8-17-11/h2-9,21H,1H3,(H,18,20,22)/b11-9+. The molecule has 0 unspecified atom stereocenters. The molecule has 2 heterocycles. The highest BCUT2D eigenvalue weighted by molar-refractivity contribution is 5.79. The van der Waals surface area contributed by atoms with E-state index in [4.69, 9.17) is 0 Å². The maximum absolute atomic E-state index is 12.1. The van der Waals surface area contributed by atoms with E-state index < -0.39 is 17.1 Å². The van der Waals surface area contributed by atoms with Crippen LogP contribution in [0.3, 0.4) is 0 Å². The Labute approximate surface area is 125 Å². The first-order valence-electron chi connectivity index (χ1n) is 6.64. The first kappa shape index (κ1) is 13.8. The number of aromatic amines is 1. The van der Waals surface area contributed by atoms with Crippen LogP contribution in [-0.4, -0.2) is 20.9 Å². The molecule has 1 aliphatic rings. The molecule has 2 aromatic rings. The van der Waals surface area contributed by atoms with E-state index in [1.54, 1.807) is 30.5 Å². The van der Waals surface area contributed by atoms with E-state index in [2.05, 4.69) is 9.98 Å². The van der Waals surface area contributed by atoms with E-state index in [-0.39, 0.29) is 5.56 Å². The van der Waals surface area contributed by atoms with Crippen LogP contribution in [0, 0.1) is 6.92 Å². The van der Waals surface area contributed by atoms with E-state index >= 15 is 0 Å². The molecule has 6 nitrogen and oxygen atoms in total. The molecule has 110 valence electrons. The van der Waals surface area contributed by atoms with Crippen molar-refractivity contribution in [3.63, 3.8) is 0 Å². The second kappa shape index (κ2) is 5.33. The fraction of sp³-hybridized carbons (Fsp3) is 0.0625. The highest BCUT2D eigenvalue weighted by atomic mass is 16.3. The third kappa shape index (κ3) is 2.31. The van der Waals surface area contributed by atoms with Gasteiger partial charge in [-0.2, -0.15) is 0 Å². The molecule has 0 aliphatic carbocycles. The average molecular weight is 295 g/mol. The molecule has 1 aromatic carbocycles. The molecular weight excluding hydrogens is 282 g/mol. The fourth-order valence-corrected chi connectivity index (χ4v) is 2.25. The third-order valence-corrected chi connectivity index (χ3v) is 3.35. The number of hydrogen-bond acceptors (Lipinski definition) is 4. The number of aliphatic imine (C=N–C) groups is 1. The summed E-state index contributed by atoms with van der Waals surface area (Å²) < 4.78 is 1.07. The van der Waals surface area contributed by atoms with Crippen molar-refractivity contribution in [2.45, 2.75) is 6.92 Å². The van der Waals surface area contributed by atoms with Crippen LogP contribution in [0.25, 0.3) is 11.8 Å². The Morgan fingerprint density at radius 2 is 2.05 bits per heavy atom. The SMILES string of the molecule is Cc1ccccc1-n1c(O)c(/C=C2\C=CC=N2)c(=O)[nH]c1=O. The molecule has 0 bridgehead atoms. The summed E-state index contributed by atoms with van der Waals surface area (Å²) in [6, 6.07) is 7.09. The summed E-state index contributed by atoms with van der Waals surface area (Å²) in [5.74, 6) is -0.411. The molecule has 1 aromatic heterocycles. The van der Waals surface area contributed by atoms with Gasteiger partial charge in [0.15, 0.2) is 0 Å². The van der Waals surface area contributed by atoms with Gasteiger partial charge < -0.3 is 5.11 Å². The summed E-state index contributed by atoms with van der Waals surface area (Å²) in [5, 5.41) is 10.4. The van der Waals surface area contributed by atoms with E-state index in [1.807, 2.05) is 19.1 Å². The van der Waals surface area contributed by atoms with Crippen LogP contribution in [0.4, 0.5) is 0 Å². The molecule has 1 aliphatic heterocycles. The molecule has 0 amide bonds. The van der Waals surface area contributed by atoms with E-state index in [0.717, 1.165) is 10.1 Å². The Balaban J connectivity index is 2.29. The summed E-state index contributed by atoms with van der Waals surface area (Å²) in [6.45, 7) is 1.81. The number of aryl methyl sites for hydroxylation is 1. The number of allylic oxidation sites excluding steroid dienone is 2. The Kier molecular flexibility index (Phi) is 3.34. The predicted molar refractivity (Wildman–Crippen MR) is 84.7 cm³/mol. The zero-order valence-electron chi connectivity index (χ0n) is 11.8. The molecule has 22 heavy (non-hydrogen) atoms. The van der Waals surface area contributed by atoms with Gasteiger partial charge in [0.25, 0.3) is 5.56 Å². The largest absolute Gasteiger partial charge is 0.494 e. The summed E-state index contributed by atoms with van der Waals surface area (Å²) >= 11 is 0. The third-order valence-electron chi connectivity index (χ3n) is 3.35. The number of benzene rings is 1. The molecular formula is C16H13N3O3. The monoisotopic (exact) mass is 295 g/mol. The highest BCUT2D eigenvalue weighted by Gasteiger charge is 2.15. The van der Waals surface area contributed by atoms with Gasteiger partial charge >= 0.3 is 5.69 Å². The lowest BCUT2D eigenvalue weighted by atomic mass is 10.2. The molecule has 2 N–H and O–H groups in total. The van der Waals surface area contributed by atoms with Gasteiger partial charge in [-0.15, -0.1) is 0 Å². The van der Waals surface area contributed by atoms with Crippen molar-refractivity contribution in [3.05, 3.63) is 74.1 Å². The number of aromatic nitrogens is 2. The van der Waals surface area contributed by atoms with Crippen LogP contribution in [-0.2, 0) is 0 Å². The van der Waals surface area contributed by atoms with Crippen LogP contribution < -0.4 is 11.2 Å². The van der Waals surface area contributed by atoms with Gasteiger partial charge in [-0.1, -0.05) is 18.2 Å². The van der Waals surface area contributed by atoms with Gasteiger partial charge in [-0.25, -0.2) is 9.36 Å². The number of nitrogens with one attached hydrogen (secondary N) is 1. The number of H-pyrrole nitrogens is 1. The fourth-order valence-electron chi connectivity index (χ4n) is 2.25. The minimum Gasteiger partial charge on any atom is -0.494 e. The van der Waals surface area contributed by atoms with Crippen molar-refractivity contribution >= 4 is 12.3 Å². The summed E-state index contributed by atoms with van der Waals surface area (Å²) in [7, 11) is 0. The Bertz CT molecular complexity index is 932. The normalized spacial score (nSPS) is 14.9. The molecule has 0 radical (unpaired) electrons. The van der Waals surface area contributed by atoms with Crippen molar-refractivity contribution in [2.24, 2.45) is 4.99 Å². The maximum Gasteiger partial charge on any atom is 0.335 e. The van der Waals surface area contributed by atoms with Gasteiger partial charge in [0, 0.05) is 6.21 Å². The molecule has 6 heteroatoms. The Morgan fingerprint density at radius 1 is 1.27 bits per heavy atom. The van der Waals surface area contributed by atoms with Crippen LogP contribution in [0.2, 0.25) is 0 Å². The lowest BCUT2D eigenvalue weighted by Gasteiger charge is -2.12. The summed E-state index contributed by atoms with van der Waals surface area (Å²) in [6.07, 6.45) is 6.42. The average Bonchev–Trinajstić information content (AvgIpc) is 2.98.